The van der Waals surface area contributed by atoms with E-state index in [2.05, 4.69) is 15.0 Å². The van der Waals surface area contributed by atoms with E-state index < -0.39 is 16.1 Å². The minimum atomic E-state index is -3.80. The van der Waals surface area contributed by atoms with Crippen molar-refractivity contribution in [2.24, 2.45) is 4.99 Å². The van der Waals surface area contributed by atoms with Gasteiger partial charge in [-0.1, -0.05) is 38.1 Å². The summed E-state index contributed by atoms with van der Waals surface area (Å²) in [4.78, 5) is 31.0. The molecule has 1 aliphatic rings. The molecule has 1 aliphatic heterocycles. The molecule has 1 heterocycles. The highest BCUT2D eigenvalue weighted by Crippen LogP contribution is 2.33. The second-order valence-corrected chi connectivity index (χ2v) is 10.3. The quantitative estimate of drug-likeness (QED) is 0.372. The van der Waals surface area contributed by atoms with E-state index in [0.717, 1.165) is 12.8 Å². The molecule has 0 saturated heterocycles. The van der Waals surface area contributed by atoms with Gasteiger partial charge in [0.1, 0.15) is 5.84 Å². The van der Waals surface area contributed by atoms with E-state index in [-0.39, 0.29) is 36.2 Å². The summed E-state index contributed by atoms with van der Waals surface area (Å²) < 4.78 is 27.3. The SMILES string of the molecule is CCCN(CCC)C(=O)C1=Cc2ccc(-c3cccc(S(=O)(=O)NCCO)c3)cc2N=C(NC(=O)O)C1. The summed E-state index contributed by atoms with van der Waals surface area (Å²) in [5.74, 6) is -0.0331. The summed E-state index contributed by atoms with van der Waals surface area (Å²) in [7, 11) is -3.80. The van der Waals surface area contributed by atoms with Crippen LogP contribution in [0, 0.1) is 0 Å². The summed E-state index contributed by atoms with van der Waals surface area (Å²) >= 11 is 0. The number of fused-ring (bicyclic) bond motifs is 1. The number of rotatable bonds is 10. The lowest BCUT2D eigenvalue weighted by Gasteiger charge is -2.23. The molecule has 0 unspecified atom stereocenters. The van der Waals surface area contributed by atoms with Gasteiger partial charge in [0.15, 0.2) is 0 Å². The molecule has 3 rings (SSSR count). The molecule has 0 fully saturated rings. The number of aliphatic hydroxyl groups is 1. The zero-order chi connectivity index (χ0) is 27.0. The van der Waals surface area contributed by atoms with E-state index in [9.17, 15) is 23.1 Å². The largest absolute Gasteiger partial charge is 0.465 e. The number of sulfonamides is 1. The van der Waals surface area contributed by atoms with Gasteiger partial charge in [0.2, 0.25) is 15.9 Å². The van der Waals surface area contributed by atoms with Crippen LogP contribution in [-0.4, -0.2) is 67.6 Å². The topological polar surface area (TPSA) is 148 Å². The Morgan fingerprint density at radius 3 is 2.41 bits per heavy atom. The average Bonchev–Trinajstić information content (AvgIpc) is 3.05. The minimum absolute atomic E-state index is 0.0311. The first-order valence-electron chi connectivity index (χ1n) is 12.1. The van der Waals surface area contributed by atoms with Crippen molar-refractivity contribution in [2.75, 3.05) is 26.2 Å². The van der Waals surface area contributed by atoms with Crippen LogP contribution >= 0.6 is 0 Å². The third-order valence-electron chi connectivity index (χ3n) is 5.66. The summed E-state index contributed by atoms with van der Waals surface area (Å²) in [6.45, 7) is 4.77. The average molecular weight is 529 g/mol. The van der Waals surface area contributed by atoms with Crippen molar-refractivity contribution in [2.45, 2.75) is 38.0 Å². The Hall–Kier alpha value is -3.54. The third-order valence-corrected chi connectivity index (χ3v) is 7.11. The van der Waals surface area contributed by atoms with Crippen molar-refractivity contribution >= 4 is 39.6 Å². The maximum absolute atomic E-state index is 13.3. The molecule has 10 nitrogen and oxygen atoms in total. The first-order valence-corrected chi connectivity index (χ1v) is 13.6. The van der Waals surface area contributed by atoms with Gasteiger partial charge in [-0.3, -0.25) is 10.1 Å². The van der Waals surface area contributed by atoms with Gasteiger partial charge in [0, 0.05) is 37.2 Å². The molecule has 198 valence electrons. The van der Waals surface area contributed by atoms with Crippen LogP contribution in [0.5, 0.6) is 0 Å². The summed E-state index contributed by atoms with van der Waals surface area (Å²) in [5, 5.41) is 20.6. The number of benzene rings is 2. The zero-order valence-corrected chi connectivity index (χ0v) is 21.7. The number of hydrogen-bond donors (Lipinski definition) is 4. The van der Waals surface area contributed by atoms with E-state index in [1.165, 1.54) is 12.1 Å². The molecular formula is C26H32N4O6S. The van der Waals surface area contributed by atoms with Gasteiger partial charge in [-0.2, -0.15) is 0 Å². The van der Waals surface area contributed by atoms with E-state index in [1.807, 2.05) is 13.8 Å². The fourth-order valence-corrected chi connectivity index (χ4v) is 5.11. The van der Waals surface area contributed by atoms with Gasteiger partial charge < -0.3 is 15.1 Å². The number of carbonyl (C=O) groups excluding carboxylic acids is 1. The maximum Gasteiger partial charge on any atom is 0.410 e. The minimum Gasteiger partial charge on any atom is -0.465 e. The number of nitrogens with zero attached hydrogens (tertiary/aromatic N) is 2. The number of nitrogens with one attached hydrogen (secondary N) is 2. The standard InChI is InChI=1S/C26H32N4O6S/c1-3-11-30(12-4-2)25(32)21-14-20-9-8-19(16-23(20)28-24(17-21)29-26(33)34)18-6-5-7-22(15-18)37(35,36)27-10-13-31/h5-9,14-16,27,31H,3-4,10-13,17H2,1-2H3,(H,28,29)(H,33,34). The second-order valence-electron chi connectivity index (χ2n) is 8.55. The molecule has 0 radical (unpaired) electrons. The highest BCUT2D eigenvalue weighted by atomic mass is 32.2. The Bertz CT molecular complexity index is 1310. The van der Waals surface area contributed by atoms with Gasteiger partial charge in [-0.25, -0.2) is 22.9 Å². The van der Waals surface area contributed by atoms with Gasteiger partial charge >= 0.3 is 6.09 Å². The van der Waals surface area contributed by atoms with Crippen molar-refractivity contribution in [3.8, 4) is 11.1 Å². The lowest BCUT2D eigenvalue weighted by molar-refractivity contribution is -0.127. The molecule has 0 bridgehead atoms. The zero-order valence-electron chi connectivity index (χ0n) is 20.9. The van der Waals surface area contributed by atoms with Crippen LogP contribution in [-0.2, 0) is 14.8 Å². The van der Waals surface area contributed by atoms with Crippen molar-refractivity contribution in [1.82, 2.24) is 14.9 Å². The van der Waals surface area contributed by atoms with Crippen molar-refractivity contribution in [1.29, 1.82) is 0 Å². The molecular weight excluding hydrogens is 496 g/mol. The van der Waals surface area contributed by atoms with Gasteiger partial charge in [0.25, 0.3) is 0 Å². The first kappa shape index (κ1) is 28.0. The lowest BCUT2D eigenvalue weighted by atomic mass is 10.0. The number of carboxylic acid groups (broad SMARTS) is 1. The van der Waals surface area contributed by atoms with E-state index in [1.54, 1.807) is 41.3 Å². The lowest BCUT2D eigenvalue weighted by Crippen LogP contribution is -2.36. The van der Waals surface area contributed by atoms with Crippen LogP contribution in [0.25, 0.3) is 17.2 Å². The Labute approximate surface area is 216 Å². The number of aliphatic hydroxyl groups excluding tert-OH is 1. The monoisotopic (exact) mass is 528 g/mol. The van der Waals surface area contributed by atoms with Crippen LogP contribution < -0.4 is 10.0 Å². The van der Waals surface area contributed by atoms with Crippen LogP contribution in [0.3, 0.4) is 0 Å². The molecule has 11 heteroatoms. The Kier molecular flexibility index (Phi) is 9.56. The fraction of sp³-hybridized carbons (Fsp3) is 0.346. The van der Waals surface area contributed by atoms with Crippen LogP contribution in [0.1, 0.15) is 38.7 Å². The fourth-order valence-electron chi connectivity index (χ4n) is 4.04. The molecule has 0 aromatic heterocycles. The highest BCUT2D eigenvalue weighted by Gasteiger charge is 2.23. The number of amides is 2. The number of aliphatic imine (C=N–C) groups is 1. The maximum atomic E-state index is 13.3. The first-order chi connectivity index (χ1) is 17.7. The van der Waals surface area contributed by atoms with E-state index in [4.69, 9.17) is 5.11 Å². The molecule has 0 atom stereocenters. The normalized spacial score (nSPS) is 13.2. The van der Waals surface area contributed by atoms with Gasteiger partial charge in [0.05, 0.1) is 17.2 Å². The van der Waals surface area contributed by atoms with Crippen molar-refractivity contribution < 1.29 is 28.2 Å². The molecule has 0 aliphatic carbocycles. The van der Waals surface area contributed by atoms with Gasteiger partial charge in [-0.15, -0.1) is 0 Å². The molecule has 0 saturated carbocycles. The third kappa shape index (κ3) is 7.25. The van der Waals surface area contributed by atoms with E-state index in [0.29, 0.717) is 41.0 Å². The smallest absolute Gasteiger partial charge is 0.410 e. The Balaban J connectivity index is 2.04. The van der Waals surface area contributed by atoms with E-state index >= 15 is 0 Å². The molecule has 2 amide bonds. The number of carbonyl (C=O) groups is 2. The predicted molar refractivity (Wildman–Crippen MR) is 142 cm³/mol. The van der Waals surface area contributed by atoms with Gasteiger partial charge in [-0.05, 0) is 48.2 Å². The van der Waals surface area contributed by atoms with Crippen LogP contribution in [0.4, 0.5) is 10.5 Å². The predicted octanol–water partition coefficient (Wildman–Crippen LogP) is 3.36. The number of hydrogen-bond acceptors (Lipinski definition) is 6. The molecule has 2 aromatic carbocycles. The van der Waals surface area contributed by atoms with Crippen LogP contribution in [0.15, 0.2) is 57.9 Å². The second kappa shape index (κ2) is 12.6. The highest BCUT2D eigenvalue weighted by molar-refractivity contribution is 7.89. The Morgan fingerprint density at radius 2 is 1.76 bits per heavy atom. The summed E-state index contributed by atoms with van der Waals surface area (Å²) in [5.41, 5.74) is 2.81. The van der Waals surface area contributed by atoms with Crippen LogP contribution in [0.2, 0.25) is 0 Å². The van der Waals surface area contributed by atoms with Crippen molar-refractivity contribution in [3.63, 3.8) is 0 Å². The number of amidine groups is 1. The molecule has 37 heavy (non-hydrogen) atoms. The van der Waals surface area contributed by atoms with Crippen molar-refractivity contribution in [3.05, 3.63) is 53.6 Å². The molecule has 4 N–H and O–H groups in total. The summed E-state index contributed by atoms with van der Waals surface area (Å²) in [6.07, 6.45) is 2.09. The Morgan fingerprint density at radius 1 is 1.05 bits per heavy atom. The molecule has 2 aromatic rings. The molecule has 0 spiro atoms. The summed E-state index contributed by atoms with van der Waals surface area (Å²) in [6, 6.07) is 11.6.